The number of ether oxygens (including phenoxy) is 1. The lowest BCUT2D eigenvalue weighted by atomic mass is 10.1. The molecule has 0 bridgehead atoms. The predicted octanol–water partition coefficient (Wildman–Crippen LogP) is 4.80. The van der Waals surface area contributed by atoms with Crippen molar-refractivity contribution in [1.29, 1.82) is 0 Å². The number of halogens is 1. The quantitative estimate of drug-likeness (QED) is 0.808. The summed E-state index contributed by atoms with van der Waals surface area (Å²) in [6, 6.07) is 9.82. The number of rotatable bonds is 3. The highest BCUT2D eigenvalue weighted by atomic mass is 79.9. The number of benzene rings is 2. The second kappa shape index (κ2) is 5.94. The summed E-state index contributed by atoms with van der Waals surface area (Å²) in [5.74, 6) is 1.53. The van der Waals surface area contributed by atoms with Gasteiger partial charge in [0.25, 0.3) is 0 Å². The maximum absolute atomic E-state index is 6.10. The molecule has 2 rings (SSSR count). The van der Waals surface area contributed by atoms with Crippen molar-refractivity contribution in [3.63, 3.8) is 0 Å². The summed E-state index contributed by atoms with van der Waals surface area (Å²) in [5, 5.41) is 0. The SMILES string of the molecule is Cc1ccc(C)c(Oc2cccc(Br)c2C(N)=S)c1C. The molecule has 0 heterocycles. The molecule has 0 aliphatic carbocycles. The molecule has 0 aliphatic rings. The highest BCUT2D eigenvalue weighted by Gasteiger charge is 2.14. The molecule has 0 spiro atoms. The van der Waals surface area contributed by atoms with E-state index in [2.05, 4.69) is 41.9 Å². The first-order valence-electron chi connectivity index (χ1n) is 6.24. The standard InChI is InChI=1S/C16H16BrNOS/c1-9-7-8-10(2)15(11(9)3)19-13-6-4-5-12(17)14(13)16(18)20/h4-8H,1-3H3,(H2,18,20). The molecule has 20 heavy (non-hydrogen) atoms. The first-order valence-corrected chi connectivity index (χ1v) is 7.45. The van der Waals surface area contributed by atoms with Gasteiger partial charge < -0.3 is 10.5 Å². The van der Waals surface area contributed by atoms with Gasteiger partial charge in [0.2, 0.25) is 0 Å². The molecule has 0 aliphatic heterocycles. The molecule has 0 aromatic heterocycles. The Kier molecular flexibility index (Phi) is 4.45. The molecule has 0 amide bonds. The summed E-state index contributed by atoms with van der Waals surface area (Å²) < 4.78 is 6.93. The smallest absolute Gasteiger partial charge is 0.138 e. The van der Waals surface area contributed by atoms with Crippen molar-refractivity contribution in [1.82, 2.24) is 0 Å². The Balaban J connectivity index is 2.54. The Morgan fingerprint density at radius 3 is 2.40 bits per heavy atom. The molecule has 0 atom stereocenters. The van der Waals surface area contributed by atoms with Crippen LogP contribution in [0, 0.1) is 20.8 Å². The predicted molar refractivity (Wildman–Crippen MR) is 90.8 cm³/mol. The van der Waals surface area contributed by atoms with Gasteiger partial charge in [0.1, 0.15) is 16.5 Å². The number of thiocarbonyl (C=S) groups is 1. The van der Waals surface area contributed by atoms with Crippen LogP contribution in [0.4, 0.5) is 0 Å². The van der Waals surface area contributed by atoms with Gasteiger partial charge >= 0.3 is 0 Å². The lowest BCUT2D eigenvalue weighted by Gasteiger charge is -2.16. The van der Waals surface area contributed by atoms with E-state index in [0.29, 0.717) is 10.7 Å². The van der Waals surface area contributed by atoms with E-state index in [0.717, 1.165) is 26.9 Å². The summed E-state index contributed by atoms with van der Waals surface area (Å²) >= 11 is 8.58. The molecule has 0 radical (unpaired) electrons. The van der Waals surface area contributed by atoms with Crippen LogP contribution in [0.1, 0.15) is 22.3 Å². The maximum atomic E-state index is 6.10. The van der Waals surface area contributed by atoms with Gasteiger partial charge in [0.15, 0.2) is 0 Å². The Labute approximate surface area is 133 Å². The van der Waals surface area contributed by atoms with E-state index in [1.54, 1.807) is 0 Å². The fourth-order valence-electron chi connectivity index (χ4n) is 2.02. The third-order valence-electron chi connectivity index (χ3n) is 3.31. The lowest BCUT2D eigenvalue weighted by molar-refractivity contribution is 0.473. The van der Waals surface area contributed by atoms with Crippen LogP contribution < -0.4 is 10.5 Å². The minimum absolute atomic E-state index is 0.315. The highest BCUT2D eigenvalue weighted by Crippen LogP contribution is 2.34. The van der Waals surface area contributed by atoms with Crippen molar-refractivity contribution in [2.45, 2.75) is 20.8 Å². The van der Waals surface area contributed by atoms with E-state index in [-0.39, 0.29) is 0 Å². The first-order chi connectivity index (χ1) is 9.41. The Morgan fingerprint density at radius 2 is 1.75 bits per heavy atom. The van der Waals surface area contributed by atoms with Crippen LogP contribution in [0.3, 0.4) is 0 Å². The van der Waals surface area contributed by atoms with Gasteiger partial charge in [-0.15, -0.1) is 0 Å². The number of hydrogen-bond acceptors (Lipinski definition) is 2. The van der Waals surface area contributed by atoms with Crippen molar-refractivity contribution < 1.29 is 4.74 Å². The van der Waals surface area contributed by atoms with Gasteiger partial charge in [-0.2, -0.15) is 0 Å². The average molecular weight is 350 g/mol. The van der Waals surface area contributed by atoms with Crippen LogP contribution in [0.25, 0.3) is 0 Å². The van der Waals surface area contributed by atoms with Crippen LogP contribution in [0.15, 0.2) is 34.8 Å². The van der Waals surface area contributed by atoms with Crippen LogP contribution in [-0.2, 0) is 0 Å². The normalized spacial score (nSPS) is 10.4. The molecular weight excluding hydrogens is 334 g/mol. The molecule has 0 unspecified atom stereocenters. The third kappa shape index (κ3) is 2.86. The second-order valence-electron chi connectivity index (χ2n) is 4.73. The molecule has 104 valence electrons. The Bertz CT molecular complexity index is 682. The summed E-state index contributed by atoms with van der Waals surface area (Å²) in [5.41, 5.74) is 9.92. The number of aryl methyl sites for hydroxylation is 2. The van der Waals surface area contributed by atoms with Gasteiger partial charge in [0, 0.05) is 4.47 Å². The van der Waals surface area contributed by atoms with Crippen LogP contribution in [0.2, 0.25) is 0 Å². The van der Waals surface area contributed by atoms with Crippen LogP contribution >= 0.6 is 28.1 Å². The van der Waals surface area contributed by atoms with Crippen molar-refractivity contribution in [3.8, 4) is 11.5 Å². The molecule has 0 saturated carbocycles. The maximum Gasteiger partial charge on any atom is 0.138 e. The van der Waals surface area contributed by atoms with Gasteiger partial charge in [0.05, 0.1) is 5.56 Å². The fraction of sp³-hybridized carbons (Fsp3) is 0.188. The molecule has 2 nitrogen and oxygen atoms in total. The van der Waals surface area contributed by atoms with Crippen molar-refractivity contribution >= 4 is 33.1 Å². The van der Waals surface area contributed by atoms with Crippen molar-refractivity contribution in [3.05, 3.63) is 57.1 Å². The van der Waals surface area contributed by atoms with Crippen molar-refractivity contribution in [2.75, 3.05) is 0 Å². The van der Waals surface area contributed by atoms with Crippen molar-refractivity contribution in [2.24, 2.45) is 5.73 Å². The van der Waals surface area contributed by atoms with Gasteiger partial charge in [-0.05, 0) is 65.5 Å². The minimum Gasteiger partial charge on any atom is -0.456 e. The average Bonchev–Trinajstić information content (AvgIpc) is 2.39. The molecular formula is C16H16BrNOS. The minimum atomic E-state index is 0.315. The van der Waals surface area contributed by atoms with E-state index >= 15 is 0 Å². The highest BCUT2D eigenvalue weighted by molar-refractivity contribution is 9.10. The van der Waals surface area contributed by atoms with Crippen LogP contribution in [0.5, 0.6) is 11.5 Å². The zero-order valence-corrected chi connectivity index (χ0v) is 14.1. The number of nitrogens with two attached hydrogens (primary N) is 1. The Morgan fingerprint density at radius 1 is 1.10 bits per heavy atom. The first kappa shape index (κ1) is 15.0. The zero-order valence-electron chi connectivity index (χ0n) is 11.7. The fourth-order valence-corrected chi connectivity index (χ4v) is 2.92. The lowest BCUT2D eigenvalue weighted by Crippen LogP contribution is -2.12. The van der Waals surface area contributed by atoms with E-state index in [1.807, 2.05) is 25.1 Å². The van der Waals surface area contributed by atoms with E-state index in [9.17, 15) is 0 Å². The monoisotopic (exact) mass is 349 g/mol. The molecule has 2 N–H and O–H groups in total. The second-order valence-corrected chi connectivity index (χ2v) is 6.03. The van der Waals surface area contributed by atoms with Gasteiger partial charge in [-0.1, -0.05) is 30.4 Å². The summed E-state index contributed by atoms with van der Waals surface area (Å²) in [7, 11) is 0. The number of hydrogen-bond donors (Lipinski definition) is 1. The van der Waals surface area contributed by atoms with Gasteiger partial charge in [-0.3, -0.25) is 0 Å². The van der Waals surface area contributed by atoms with E-state index in [4.69, 9.17) is 22.7 Å². The third-order valence-corrected chi connectivity index (χ3v) is 4.17. The molecule has 0 saturated heterocycles. The topological polar surface area (TPSA) is 35.2 Å². The van der Waals surface area contributed by atoms with Gasteiger partial charge in [-0.25, -0.2) is 0 Å². The largest absolute Gasteiger partial charge is 0.456 e. The molecule has 0 fully saturated rings. The summed E-state index contributed by atoms with van der Waals surface area (Å²) in [6.45, 7) is 6.15. The molecule has 4 heteroatoms. The summed E-state index contributed by atoms with van der Waals surface area (Å²) in [4.78, 5) is 0.315. The van der Waals surface area contributed by atoms with Crippen LogP contribution in [-0.4, -0.2) is 4.99 Å². The summed E-state index contributed by atoms with van der Waals surface area (Å²) in [6.07, 6.45) is 0. The zero-order chi connectivity index (χ0) is 14.9. The molecule has 2 aromatic rings. The Hall–Kier alpha value is -1.39. The molecule has 2 aromatic carbocycles. The van der Waals surface area contributed by atoms with E-state index in [1.165, 1.54) is 5.56 Å². The van der Waals surface area contributed by atoms with E-state index < -0.39 is 0 Å².